The topological polar surface area (TPSA) is 21.3 Å². The second kappa shape index (κ2) is 3.52. The molecular formula is C11H13NO. The second-order valence-electron chi connectivity index (χ2n) is 3.27. The highest BCUT2D eigenvalue weighted by molar-refractivity contribution is 5.16. The number of rotatable bonds is 2. The Morgan fingerprint density at radius 3 is 2.77 bits per heavy atom. The summed E-state index contributed by atoms with van der Waals surface area (Å²) < 4.78 is 5.23. The number of nitrogens with one attached hydrogen (secondary N) is 1. The quantitative estimate of drug-likeness (QED) is 0.738. The van der Waals surface area contributed by atoms with Crippen molar-refractivity contribution in [3.8, 4) is 0 Å². The first kappa shape index (κ1) is 8.17. The summed E-state index contributed by atoms with van der Waals surface area (Å²) >= 11 is 0. The molecule has 2 heteroatoms. The lowest BCUT2D eigenvalue weighted by atomic mass is 10.1. The lowest BCUT2D eigenvalue weighted by molar-refractivity contribution is 0.255. The molecule has 0 amide bonds. The zero-order valence-electron chi connectivity index (χ0n) is 7.49. The molecule has 0 saturated carbocycles. The smallest absolute Gasteiger partial charge is 0.179 e. The average Bonchev–Trinajstić information content (AvgIpc) is 2.53. The van der Waals surface area contributed by atoms with Gasteiger partial charge in [-0.1, -0.05) is 30.3 Å². The highest BCUT2D eigenvalue weighted by Gasteiger charge is 2.17. The molecular weight excluding hydrogens is 162 g/mol. The predicted molar refractivity (Wildman–Crippen MR) is 52.2 cm³/mol. The summed E-state index contributed by atoms with van der Waals surface area (Å²) in [6, 6.07) is 10.8. The van der Waals surface area contributed by atoms with Crippen molar-refractivity contribution in [1.82, 2.24) is 5.32 Å². The van der Waals surface area contributed by atoms with E-state index in [2.05, 4.69) is 36.2 Å². The van der Waals surface area contributed by atoms with Crippen LogP contribution in [-0.2, 0) is 11.2 Å². The first-order chi connectivity index (χ1) is 6.34. The lowest BCUT2D eigenvalue weighted by Crippen LogP contribution is -2.24. The average molecular weight is 175 g/mol. The Labute approximate surface area is 78.2 Å². The van der Waals surface area contributed by atoms with E-state index >= 15 is 0 Å². The van der Waals surface area contributed by atoms with Crippen molar-refractivity contribution in [1.29, 1.82) is 0 Å². The van der Waals surface area contributed by atoms with Crippen LogP contribution in [0.1, 0.15) is 5.56 Å². The molecule has 1 aromatic carbocycles. The van der Waals surface area contributed by atoms with Gasteiger partial charge in [0.1, 0.15) is 6.61 Å². The van der Waals surface area contributed by atoms with Gasteiger partial charge in [0.25, 0.3) is 0 Å². The van der Waals surface area contributed by atoms with Gasteiger partial charge in [-0.15, -0.1) is 0 Å². The van der Waals surface area contributed by atoms with E-state index < -0.39 is 0 Å². The van der Waals surface area contributed by atoms with Gasteiger partial charge in [0.05, 0.1) is 6.04 Å². The third kappa shape index (κ3) is 2.02. The van der Waals surface area contributed by atoms with E-state index in [1.165, 1.54) is 5.56 Å². The summed E-state index contributed by atoms with van der Waals surface area (Å²) in [7, 11) is 0. The van der Waals surface area contributed by atoms with Crippen LogP contribution in [0.25, 0.3) is 0 Å². The Hall–Kier alpha value is -1.44. The summed E-state index contributed by atoms with van der Waals surface area (Å²) in [5, 5.41) is 3.19. The van der Waals surface area contributed by atoms with Crippen molar-refractivity contribution in [2.24, 2.45) is 0 Å². The van der Waals surface area contributed by atoms with Crippen LogP contribution < -0.4 is 5.32 Å². The van der Waals surface area contributed by atoms with Crippen LogP contribution in [0.2, 0.25) is 0 Å². The van der Waals surface area contributed by atoms with Gasteiger partial charge in [-0.2, -0.15) is 0 Å². The molecule has 1 aromatic rings. The summed E-state index contributed by atoms with van der Waals surface area (Å²) in [6.45, 7) is 4.44. The molecule has 2 rings (SSSR count). The van der Waals surface area contributed by atoms with Crippen molar-refractivity contribution in [2.75, 3.05) is 6.61 Å². The van der Waals surface area contributed by atoms with Gasteiger partial charge in [0, 0.05) is 0 Å². The molecule has 0 bridgehead atoms. The van der Waals surface area contributed by atoms with E-state index in [0.29, 0.717) is 11.9 Å². The minimum atomic E-state index is 0.384. The zero-order chi connectivity index (χ0) is 9.10. The summed E-state index contributed by atoms with van der Waals surface area (Å²) in [5.74, 6) is 0.695. The molecule has 0 unspecified atom stereocenters. The minimum absolute atomic E-state index is 0.384. The molecule has 0 radical (unpaired) electrons. The van der Waals surface area contributed by atoms with Crippen molar-refractivity contribution in [2.45, 2.75) is 12.5 Å². The van der Waals surface area contributed by atoms with E-state index in [1.807, 2.05) is 6.07 Å². The van der Waals surface area contributed by atoms with Crippen LogP contribution in [0.3, 0.4) is 0 Å². The van der Waals surface area contributed by atoms with E-state index in [0.717, 1.165) is 13.0 Å². The zero-order valence-corrected chi connectivity index (χ0v) is 7.49. The molecule has 68 valence electrons. The van der Waals surface area contributed by atoms with Gasteiger partial charge in [-0.25, -0.2) is 0 Å². The number of ether oxygens (including phenoxy) is 1. The predicted octanol–water partition coefficient (Wildman–Crippen LogP) is 1.69. The molecule has 1 aliphatic heterocycles. The van der Waals surface area contributed by atoms with Gasteiger partial charge in [0.15, 0.2) is 5.88 Å². The fourth-order valence-corrected chi connectivity index (χ4v) is 1.52. The molecule has 0 aliphatic carbocycles. The number of benzene rings is 1. The van der Waals surface area contributed by atoms with Crippen LogP contribution in [0.5, 0.6) is 0 Å². The van der Waals surface area contributed by atoms with E-state index in [4.69, 9.17) is 4.74 Å². The normalized spacial score (nSPS) is 20.9. The summed E-state index contributed by atoms with van der Waals surface area (Å²) in [5.41, 5.74) is 1.33. The third-order valence-electron chi connectivity index (χ3n) is 2.15. The van der Waals surface area contributed by atoms with Gasteiger partial charge < -0.3 is 10.1 Å². The maximum Gasteiger partial charge on any atom is 0.179 e. The van der Waals surface area contributed by atoms with Gasteiger partial charge in [-0.05, 0) is 18.6 Å². The standard InChI is InChI=1S/C11H13NO/c1-9-12-11(8-13-9)7-10-5-3-2-4-6-10/h2-6,11-12H,1,7-8H2/t11-/m1/s1. The first-order valence-electron chi connectivity index (χ1n) is 4.47. The number of hydrogen-bond donors (Lipinski definition) is 1. The lowest BCUT2D eigenvalue weighted by Gasteiger charge is -2.06. The molecule has 1 heterocycles. The molecule has 1 N–H and O–H groups in total. The molecule has 1 saturated heterocycles. The van der Waals surface area contributed by atoms with Crippen LogP contribution in [0, 0.1) is 0 Å². The Balaban J connectivity index is 1.96. The van der Waals surface area contributed by atoms with E-state index in [9.17, 15) is 0 Å². The monoisotopic (exact) mass is 175 g/mol. The maximum absolute atomic E-state index is 5.23. The minimum Gasteiger partial charge on any atom is -0.477 e. The highest BCUT2D eigenvalue weighted by Crippen LogP contribution is 2.10. The summed E-state index contributed by atoms with van der Waals surface area (Å²) in [4.78, 5) is 0. The Morgan fingerprint density at radius 1 is 1.38 bits per heavy atom. The van der Waals surface area contributed by atoms with E-state index in [1.54, 1.807) is 0 Å². The van der Waals surface area contributed by atoms with Crippen LogP contribution in [0.15, 0.2) is 42.8 Å². The fourth-order valence-electron chi connectivity index (χ4n) is 1.52. The molecule has 0 spiro atoms. The third-order valence-corrected chi connectivity index (χ3v) is 2.15. The highest BCUT2D eigenvalue weighted by atomic mass is 16.5. The molecule has 1 fully saturated rings. The Kier molecular flexibility index (Phi) is 2.21. The Bertz CT molecular complexity index is 294. The first-order valence-corrected chi connectivity index (χ1v) is 4.47. The van der Waals surface area contributed by atoms with Crippen LogP contribution in [0.4, 0.5) is 0 Å². The van der Waals surface area contributed by atoms with Crippen molar-refractivity contribution in [3.05, 3.63) is 48.4 Å². The van der Waals surface area contributed by atoms with Gasteiger partial charge >= 0.3 is 0 Å². The summed E-state index contributed by atoms with van der Waals surface area (Å²) in [6.07, 6.45) is 1.000. The molecule has 2 nitrogen and oxygen atoms in total. The second-order valence-corrected chi connectivity index (χ2v) is 3.27. The van der Waals surface area contributed by atoms with E-state index in [-0.39, 0.29) is 0 Å². The van der Waals surface area contributed by atoms with Crippen LogP contribution >= 0.6 is 0 Å². The van der Waals surface area contributed by atoms with Crippen molar-refractivity contribution >= 4 is 0 Å². The molecule has 1 atom stereocenters. The van der Waals surface area contributed by atoms with Gasteiger partial charge in [0.2, 0.25) is 0 Å². The van der Waals surface area contributed by atoms with Crippen molar-refractivity contribution in [3.63, 3.8) is 0 Å². The van der Waals surface area contributed by atoms with Gasteiger partial charge in [-0.3, -0.25) is 0 Å². The molecule has 1 aliphatic rings. The largest absolute Gasteiger partial charge is 0.477 e. The van der Waals surface area contributed by atoms with Crippen LogP contribution in [-0.4, -0.2) is 12.6 Å². The number of hydrogen-bond acceptors (Lipinski definition) is 2. The Morgan fingerprint density at radius 2 is 2.15 bits per heavy atom. The fraction of sp³-hybridized carbons (Fsp3) is 0.273. The SMILES string of the molecule is C=C1N[C@H](Cc2ccccc2)CO1. The maximum atomic E-state index is 5.23. The molecule has 0 aromatic heterocycles. The van der Waals surface area contributed by atoms with Crippen molar-refractivity contribution < 1.29 is 4.74 Å². The molecule has 13 heavy (non-hydrogen) atoms.